The van der Waals surface area contributed by atoms with Crippen LogP contribution in [0.1, 0.15) is 10.4 Å². The van der Waals surface area contributed by atoms with Crippen LogP contribution >= 0.6 is 0 Å². The summed E-state index contributed by atoms with van der Waals surface area (Å²) in [5, 5.41) is 8.83. The number of carboxylic acids is 1. The van der Waals surface area contributed by atoms with Crippen molar-refractivity contribution in [3.05, 3.63) is 47.8 Å². The molecule has 0 aliphatic carbocycles. The van der Waals surface area contributed by atoms with Gasteiger partial charge >= 0.3 is 5.97 Å². The molecule has 82 valence electrons. The summed E-state index contributed by atoms with van der Waals surface area (Å²) >= 11 is 0. The maximum atomic E-state index is 13.4. The summed E-state index contributed by atoms with van der Waals surface area (Å²) in [6.45, 7) is 0. The highest BCUT2D eigenvalue weighted by atomic mass is 19.1. The van der Waals surface area contributed by atoms with E-state index < -0.39 is 17.6 Å². The van der Waals surface area contributed by atoms with Crippen LogP contribution in [0, 0.1) is 11.6 Å². The molecule has 1 heterocycles. The van der Waals surface area contributed by atoms with Gasteiger partial charge in [-0.1, -0.05) is 6.07 Å². The zero-order valence-electron chi connectivity index (χ0n) is 8.00. The predicted octanol–water partition coefficient (Wildman–Crippen LogP) is 2.66. The van der Waals surface area contributed by atoms with E-state index in [4.69, 9.17) is 5.11 Å². The fourth-order valence-electron chi connectivity index (χ4n) is 1.50. The molecule has 0 radical (unpaired) electrons. The van der Waals surface area contributed by atoms with Gasteiger partial charge in [0.2, 0.25) is 0 Å². The van der Waals surface area contributed by atoms with E-state index >= 15 is 0 Å². The summed E-state index contributed by atoms with van der Waals surface area (Å²) < 4.78 is 26.8. The van der Waals surface area contributed by atoms with E-state index in [1.165, 1.54) is 18.5 Å². The number of hydrogen-bond donors (Lipinski definition) is 2. The molecule has 0 amide bonds. The van der Waals surface area contributed by atoms with Crippen molar-refractivity contribution >= 4 is 5.97 Å². The van der Waals surface area contributed by atoms with E-state index in [1.807, 2.05) is 0 Å². The summed E-state index contributed by atoms with van der Waals surface area (Å²) in [6.07, 6.45) is 2.44. The van der Waals surface area contributed by atoms with Gasteiger partial charge in [0, 0.05) is 18.0 Å². The number of H-pyrrole nitrogens is 1. The zero-order valence-corrected chi connectivity index (χ0v) is 8.00. The Labute approximate surface area is 89.3 Å². The highest BCUT2D eigenvalue weighted by molar-refractivity contribution is 5.96. The monoisotopic (exact) mass is 223 g/mol. The van der Waals surface area contributed by atoms with E-state index in [2.05, 4.69) is 4.98 Å². The lowest BCUT2D eigenvalue weighted by Gasteiger charge is -2.03. The van der Waals surface area contributed by atoms with Crippen molar-refractivity contribution in [3.63, 3.8) is 0 Å². The molecule has 0 atom stereocenters. The first-order valence-electron chi connectivity index (χ1n) is 4.45. The van der Waals surface area contributed by atoms with Gasteiger partial charge in [0.1, 0.15) is 11.6 Å². The van der Waals surface area contributed by atoms with E-state index in [1.54, 1.807) is 0 Å². The minimum atomic E-state index is -1.24. The lowest BCUT2D eigenvalue weighted by molar-refractivity contribution is 0.0698. The van der Waals surface area contributed by atoms with Crippen molar-refractivity contribution in [2.45, 2.75) is 0 Å². The van der Waals surface area contributed by atoms with Gasteiger partial charge in [0.25, 0.3) is 0 Å². The van der Waals surface area contributed by atoms with Crippen molar-refractivity contribution in [1.29, 1.82) is 0 Å². The molecule has 0 unspecified atom stereocenters. The molecule has 3 nitrogen and oxygen atoms in total. The molecule has 0 bridgehead atoms. The van der Waals surface area contributed by atoms with Gasteiger partial charge in [-0.2, -0.15) is 0 Å². The summed E-state index contributed by atoms with van der Waals surface area (Å²) in [7, 11) is 0. The summed E-state index contributed by atoms with van der Waals surface area (Å²) in [4.78, 5) is 13.3. The zero-order chi connectivity index (χ0) is 11.7. The highest BCUT2D eigenvalue weighted by Crippen LogP contribution is 2.28. The molecule has 0 fully saturated rings. The molecule has 0 aliphatic heterocycles. The summed E-state index contributed by atoms with van der Waals surface area (Å²) in [5.41, 5.74) is -0.492. The topological polar surface area (TPSA) is 53.1 Å². The van der Waals surface area contributed by atoms with Crippen molar-refractivity contribution in [2.24, 2.45) is 0 Å². The second kappa shape index (κ2) is 3.77. The molecule has 16 heavy (non-hydrogen) atoms. The van der Waals surface area contributed by atoms with Gasteiger partial charge in [-0.3, -0.25) is 0 Å². The number of aromatic nitrogens is 1. The maximum Gasteiger partial charge on any atom is 0.337 e. The third kappa shape index (κ3) is 1.56. The number of benzene rings is 1. The number of aromatic amines is 1. The number of rotatable bonds is 2. The van der Waals surface area contributed by atoms with Crippen LogP contribution in [0.4, 0.5) is 8.78 Å². The van der Waals surface area contributed by atoms with Gasteiger partial charge in [-0.05, 0) is 12.1 Å². The smallest absolute Gasteiger partial charge is 0.337 e. The van der Waals surface area contributed by atoms with Gasteiger partial charge in [-0.25, -0.2) is 13.6 Å². The first-order valence-corrected chi connectivity index (χ1v) is 4.45. The van der Waals surface area contributed by atoms with Gasteiger partial charge in [0.15, 0.2) is 0 Å². The van der Waals surface area contributed by atoms with Crippen LogP contribution in [0.5, 0.6) is 0 Å². The second-order valence-electron chi connectivity index (χ2n) is 3.18. The summed E-state index contributed by atoms with van der Waals surface area (Å²) in [5.74, 6) is -2.82. The van der Waals surface area contributed by atoms with Crippen LogP contribution in [0.2, 0.25) is 0 Å². The number of nitrogens with one attached hydrogen (secondary N) is 1. The van der Waals surface area contributed by atoms with Crippen LogP contribution in [0.15, 0.2) is 30.6 Å². The third-order valence-electron chi connectivity index (χ3n) is 2.21. The quantitative estimate of drug-likeness (QED) is 0.822. The Morgan fingerprint density at radius 3 is 2.38 bits per heavy atom. The minimum absolute atomic E-state index is 0.00287. The molecule has 5 heteroatoms. The molecular formula is C11H7F2NO2. The molecular weight excluding hydrogens is 216 g/mol. The fraction of sp³-hybridized carbons (Fsp3) is 0. The number of hydrogen-bond acceptors (Lipinski definition) is 1. The molecule has 1 aromatic heterocycles. The standard InChI is InChI=1S/C11H7F2NO2/c12-8-2-1-3-9(13)10(8)6-4-14-5-7(6)11(15)16/h1-5,14H,(H,15,16). The number of halogens is 2. The van der Waals surface area contributed by atoms with E-state index in [0.29, 0.717) is 0 Å². The highest BCUT2D eigenvalue weighted by Gasteiger charge is 2.18. The first-order chi connectivity index (χ1) is 7.61. The van der Waals surface area contributed by atoms with Crippen molar-refractivity contribution < 1.29 is 18.7 Å². The SMILES string of the molecule is O=C(O)c1c[nH]cc1-c1c(F)cccc1F. The minimum Gasteiger partial charge on any atom is -0.478 e. The van der Waals surface area contributed by atoms with Crippen LogP contribution in [0.25, 0.3) is 11.1 Å². The van der Waals surface area contributed by atoms with Crippen LogP contribution < -0.4 is 0 Å². The molecule has 2 aromatic rings. The molecule has 0 spiro atoms. The molecule has 1 aromatic carbocycles. The average molecular weight is 223 g/mol. The second-order valence-corrected chi connectivity index (χ2v) is 3.18. The molecule has 2 rings (SSSR count). The Balaban J connectivity index is 2.68. The summed E-state index contributed by atoms with van der Waals surface area (Å²) in [6, 6.07) is 3.38. The Bertz CT molecular complexity index is 528. The lowest BCUT2D eigenvalue weighted by Crippen LogP contribution is -1.98. The largest absolute Gasteiger partial charge is 0.478 e. The van der Waals surface area contributed by atoms with Crippen molar-refractivity contribution in [2.75, 3.05) is 0 Å². The van der Waals surface area contributed by atoms with Gasteiger partial charge in [-0.15, -0.1) is 0 Å². The first kappa shape index (κ1) is 10.4. The van der Waals surface area contributed by atoms with E-state index in [9.17, 15) is 13.6 Å². The fourth-order valence-corrected chi connectivity index (χ4v) is 1.50. The Hall–Kier alpha value is -2.17. The number of aromatic carboxylic acids is 1. The molecule has 0 aliphatic rings. The van der Waals surface area contributed by atoms with Gasteiger partial charge in [0.05, 0.1) is 11.1 Å². The van der Waals surface area contributed by atoms with Crippen LogP contribution in [0.3, 0.4) is 0 Å². The Morgan fingerprint density at radius 1 is 1.19 bits per heavy atom. The lowest BCUT2D eigenvalue weighted by atomic mass is 10.0. The number of carbonyl (C=O) groups is 1. The van der Waals surface area contributed by atoms with E-state index in [0.717, 1.165) is 12.1 Å². The Morgan fingerprint density at radius 2 is 1.81 bits per heavy atom. The van der Waals surface area contributed by atoms with E-state index in [-0.39, 0.29) is 16.7 Å². The van der Waals surface area contributed by atoms with Crippen LogP contribution in [-0.4, -0.2) is 16.1 Å². The van der Waals surface area contributed by atoms with Gasteiger partial charge < -0.3 is 10.1 Å². The predicted molar refractivity (Wildman–Crippen MR) is 53.1 cm³/mol. The molecule has 0 saturated heterocycles. The molecule has 2 N–H and O–H groups in total. The average Bonchev–Trinajstić information content (AvgIpc) is 2.66. The van der Waals surface area contributed by atoms with Crippen molar-refractivity contribution in [3.8, 4) is 11.1 Å². The Kier molecular flexibility index (Phi) is 2.44. The maximum absolute atomic E-state index is 13.4. The van der Waals surface area contributed by atoms with Crippen molar-refractivity contribution in [1.82, 2.24) is 4.98 Å². The van der Waals surface area contributed by atoms with Crippen LogP contribution in [-0.2, 0) is 0 Å². The number of carboxylic acid groups (broad SMARTS) is 1. The molecule has 0 saturated carbocycles. The normalized spacial score (nSPS) is 10.4. The third-order valence-corrected chi connectivity index (χ3v) is 2.21.